The highest BCUT2D eigenvalue weighted by Crippen LogP contribution is 2.36. The molecule has 0 radical (unpaired) electrons. The molecule has 1 aromatic carbocycles. The van der Waals surface area contributed by atoms with Crippen LogP contribution in [-0.2, 0) is 0 Å². The zero-order valence-electron chi connectivity index (χ0n) is 15.2. The molecule has 2 aliphatic rings. The molecule has 0 atom stereocenters. The number of aromatic nitrogens is 1. The minimum atomic E-state index is -0.0725. The summed E-state index contributed by atoms with van der Waals surface area (Å²) in [6, 6.07) is 5.79. The van der Waals surface area contributed by atoms with Gasteiger partial charge in [0.15, 0.2) is 11.5 Å². The highest BCUT2D eigenvalue weighted by Gasteiger charge is 2.38. The average Bonchev–Trinajstić information content (AvgIpc) is 3.05. The number of fused-ring (bicyclic) bond motifs is 2. The molecule has 0 bridgehead atoms. The average molecular weight is 343 g/mol. The zero-order chi connectivity index (χ0) is 17.8. The molecule has 3 heterocycles. The summed E-state index contributed by atoms with van der Waals surface area (Å²) in [7, 11) is 0. The third-order valence-corrected chi connectivity index (χ3v) is 4.88. The van der Waals surface area contributed by atoms with Crippen molar-refractivity contribution in [3.8, 4) is 11.5 Å². The van der Waals surface area contributed by atoms with E-state index >= 15 is 0 Å². The minimum absolute atomic E-state index is 0.00434. The topological polar surface area (TPSA) is 75.4 Å². The molecule has 25 heavy (non-hydrogen) atoms. The number of H-pyrrole nitrogens is 1. The third-order valence-electron chi connectivity index (χ3n) is 4.88. The van der Waals surface area contributed by atoms with Gasteiger partial charge < -0.3 is 25.1 Å². The number of hydrogen-bond acceptors (Lipinski definition) is 4. The van der Waals surface area contributed by atoms with E-state index in [2.05, 4.69) is 43.3 Å². The Hall–Kier alpha value is -2.21. The highest BCUT2D eigenvalue weighted by molar-refractivity contribution is 5.98. The summed E-state index contributed by atoms with van der Waals surface area (Å²) < 4.78 is 10.8. The van der Waals surface area contributed by atoms with Gasteiger partial charge >= 0.3 is 0 Å². The molecule has 134 valence electrons. The molecule has 0 unspecified atom stereocenters. The zero-order valence-corrected chi connectivity index (χ0v) is 15.2. The van der Waals surface area contributed by atoms with Gasteiger partial charge in [-0.2, -0.15) is 0 Å². The maximum atomic E-state index is 12.7. The van der Waals surface area contributed by atoms with Crippen LogP contribution in [0.3, 0.4) is 0 Å². The van der Waals surface area contributed by atoms with E-state index in [0.29, 0.717) is 11.4 Å². The van der Waals surface area contributed by atoms with Gasteiger partial charge in [0.05, 0.1) is 0 Å². The van der Waals surface area contributed by atoms with Crippen LogP contribution in [0.2, 0.25) is 0 Å². The van der Waals surface area contributed by atoms with E-state index < -0.39 is 0 Å². The molecule has 0 aliphatic carbocycles. The van der Waals surface area contributed by atoms with Gasteiger partial charge in [-0.25, -0.2) is 0 Å². The molecule has 6 nitrogen and oxygen atoms in total. The quantitative estimate of drug-likeness (QED) is 0.784. The number of aromatic amines is 1. The van der Waals surface area contributed by atoms with Gasteiger partial charge in [0.25, 0.3) is 5.91 Å². The Morgan fingerprint density at radius 3 is 2.40 bits per heavy atom. The van der Waals surface area contributed by atoms with Crippen molar-refractivity contribution in [2.24, 2.45) is 0 Å². The van der Waals surface area contributed by atoms with E-state index in [4.69, 9.17) is 9.47 Å². The van der Waals surface area contributed by atoms with Crippen molar-refractivity contribution >= 4 is 16.8 Å². The number of piperidine rings is 1. The summed E-state index contributed by atoms with van der Waals surface area (Å²) in [5, 5.41) is 7.77. The standard InChI is InChI=1S/C19H25N3O3/c1-18(2)8-12(9-19(3,4)22-18)20-17(23)14-5-11-6-15-16(25-10-24-15)7-13(11)21-14/h5-7,12,21-22H,8-10H2,1-4H3,(H,20,23). The summed E-state index contributed by atoms with van der Waals surface area (Å²) in [6.07, 6.45) is 1.80. The van der Waals surface area contributed by atoms with Crippen LogP contribution in [-0.4, -0.2) is 34.8 Å². The number of rotatable bonds is 2. The Kier molecular flexibility index (Phi) is 3.51. The summed E-state index contributed by atoms with van der Waals surface area (Å²) in [5.74, 6) is 1.36. The molecule has 1 saturated heterocycles. The Bertz CT molecular complexity index is 781. The van der Waals surface area contributed by atoms with Crippen LogP contribution in [0.25, 0.3) is 10.9 Å². The van der Waals surface area contributed by atoms with Crippen LogP contribution >= 0.6 is 0 Å². The first-order valence-corrected chi connectivity index (χ1v) is 8.73. The molecule has 6 heteroatoms. The molecule has 1 fully saturated rings. The van der Waals surface area contributed by atoms with Gasteiger partial charge in [-0.3, -0.25) is 4.79 Å². The summed E-state index contributed by atoms with van der Waals surface area (Å²) >= 11 is 0. The van der Waals surface area contributed by atoms with Gasteiger partial charge in [-0.15, -0.1) is 0 Å². The number of ether oxygens (including phenoxy) is 2. The number of carbonyl (C=O) groups excluding carboxylic acids is 1. The lowest BCUT2D eigenvalue weighted by molar-refractivity contribution is 0.0869. The summed E-state index contributed by atoms with van der Waals surface area (Å²) in [6.45, 7) is 8.96. The Morgan fingerprint density at radius 2 is 1.72 bits per heavy atom. The summed E-state index contributed by atoms with van der Waals surface area (Å²) in [5.41, 5.74) is 1.43. The van der Waals surface area contributed by atoms with Crippen molar-refractivity contribution in [1.29, 1.82) is 0 Å². The molecule has 1 aromatic heterocycles. The lowest BCUT2D eigenvalue weighted by Gasteiger charge is -2.46. The van der Waals surface area contributed by atoms with Gasteiger partial charge in [0.2, 0.25) is 6.79 Å². The van der Waals surface area contributed by atoms with E-state index in [1.165, 1.54) is 0 Å². The Morgan fingerprint density at radius 1 is 1.08 bits per heavy atom. The van der Waals surface area contributed by atoms with Crippen molar-refractivity contribution in [2.45, 2.75) is 57.7 Å². The second-order valence-electron chi connectivity index (χ2n) is 8.45. The minimum Gasteiger partial charge on any atom is -0.454 e. The summed E-state index contributed by atoms with van der Waals surface area (Å²) in [4.78, 5) is 15.9. The van der Waals surface area contributed by atoms with Crippen molar-refractivity contribution in [2.75, 3.05) is 6.79 Å². The van der Waals surface area contributed by atoms with Crippen LogP contribution in [0.5, 0.6) is 11.5 Å². The third kappa shape index (κ3) is 3.18. The van der Waals surface area contributed by atoms with Gasteiger partial charge in [0.1, 0.15) is 5.69 Å². The smallest absolute Gasteiger partial charge is 0.267 e. The van der Waals surface area contributed by atoms with Crippen molar-refractivity contribution in [3.63, 3.8) is 0 Å². The predicted molar refractivity (Wildman–Crippen MR) is 96.2 cm³/mol. The lowest BCUT2D eigenvalue weighted by atomic mass is 9.79. The van der Waals surface area contributed by atoms with E-state index in [1.54, 1.807) is 0 Å². The van der Waals surface area contributed by atoms with Crippen molar-refractivity contribution in [1.82, 2.24) is 15.6 Å². The fourth-order valence-corrected chi connectivity index (χ4v) is 4.33. The number of hydrogen-bond donors (Lipinski definition) is 3. The Labute approximate surface area is 147 Å². The molecular formula is C19H25N3O3. The predicted octanol–water partition coefficient (Wildman–Crippen LogP) is 2.94. The molecule has 2 aliphatic heterocycles. The van der Waals surface area contributed by atoms with E-state index in [9.17, 15) is 4.79 Å². The molecule has 0 spiro atoms. The molecule has 4 rings (SSSR count). The number of benzene rings is 1. The van der Waals surface area contributed by atoms with E-state index in [-0.39, 0.29) is 29.8 Å². The fraction of sp³-hybridized carbons (Fsp3) is 0.526. The largest absolute Gasteiger partial charge is 0.454 e. The monoisotopic (exact) mass is 343 g/mol. The van der Waals surface area contributed by atoms with E-state index in [1.807, 2.05) is 18.2 Å². The normalized spacial score (nSPS) is 21.4. The maximum absolute atomic E-state index is 12.7. The van der Waals surface area contributed by atoms with Crippen LogP contribution in [0.1, 0.15) is 51.0 Å². The molecule has 0 saturated carbocycles. The molecule has 2 aromatic rings. The van der Waals surface area contributed by atoms with Gasteiger partial charge in [-0.1, -0.05) is 0 Å². The maximum Gasteiger partial charge on any atom is 0.267 e. The number of nitrogens with one attached hydrogen (secondary N) is 3. The van der Waals surface area contributed by atoms with Crippen LogP contribution in [0.4, 0.5) is 0 Å². The molecule has 1 amide bonds. The van der Waals surface area contributed by atoms with Gasteiger partial charge in [0, 0.05) is 34.1 Å². The number of carbonyl (C=O) groups is 1. The first kappa shape index (κ1) is 16.3. The van der Waals surface area contributed by atoms with Crippen LogP contribution in [0.15, 0.2) is 18.2 Å². The van der Waals surface area contributed by atoms with Gasteiger partial charge in [-0.05, 0) is 52.7 Å². The Balaban J connectivity index is 1.54. The first-order chi connectivity index (χ1) is 11.7. The molecular weight excluding hydrogens is 318 g/mol. The fourth-order valence-electron chi connectivity index (χ4n) is 4.33. The second-order valence-corrected chi connectivity index (χ2v) is 8.45. The first-order valence-electron chi connectivity index (χ1n) is 8.73. The SMILES string of the molecule is CC1(C)CC(NC(=O)c2cc3cc4c(cc3[nH]2)OCO4)CC(C)(C)N1. The van der Waals surface area contributed by atoms with E-state index in [0.717, 1.165) is 29.5 Å². The van der Waals surface area contributed by atoms with Crippen LogP contribution in [0, 0.1) is 0 Å². The van der Waals surface area contributed by atoms with Crippen molar-refractivity contribution in [3.05, 3.63) is 23.9 Å². The highest BCUT2D eigenvalue weighted by atomic mass is 16.7. The second kappa shape index (κ2) is 5.39. The lowest BCUT2D eigenvalue weighted by Crippen LogP contribution is -2.62. The van der Waals surface area contributed by atoms with Crippen molar-refractivity contribution < 1.29 is 14.3 Å². The molecule has 3 N–H and O–H groups in total. The number of amides is 1. The van der Waals surface area contributed by atoms with Crippen LogP contribution < -0.4 is 20.1 Å².